The third-order valence-corrected chi connectivity index (χ3v) is 2.87. The van der Waals surface area contributed by atoms with E-state index in [0.717, 1.165) is 25.8 Å². The van der Waals surface area contributed by atoms with E-state index in [9.17, 15) is 0 Å². The van der Waals surface area contributed by atoms with Gasteiger partial charge < -0.3 is 5.32 Å². The van der Waals surface area contributed by atoms with Crippen LogP contribution in [0.3, 0.4) is 0 Å². The van der Waals surface area contributed by atoms with Crippen molar-refractivity contribution in [2.24, 2.45) is 0 Å². The van der Waals surface area contributed by atoms with Crippen LogP contribution in [0.25, 0.3) is 0 Å². The number of halogens is 3. The number of nitrogens with zero attached hydrogens (tertiary/aromatic N) is 3. The number of hydrogen-bond acceptors (Lipinski definition) is 4. The van der Waals surface area contributed by atoms with Crippen molar-refractivity contribution in [3.63, 3.8) is 0 Å². The Morgan fingerprint density at radius 3 is 2.38 bits per heavy atom. The van der Waals surface area contributed by atoms with Crippen LogP contribution in [0, 0.1) is 0 Å². The van der Waals surface area contributed by atoms with Crippen LogP contribution in [0.2, 0.25) is 10.6 Å². The van der Waals surface area contributed by atoms with Crippen molar-refractivity contribution in [1.29, 1.82) is 0 Å². The van der Waals surface area contributed by atoms with Gasteiger partial charge in [0.15, 0.2) is 0 Å². The largest absolute Gasteiger partial charge is 0.354 e. The fourth-order valence-electron chi connectivity index (χ4n) is 1.13. The number of alkyl halides is 1. The molecule has 0 saturated heterocycles. The Kier molecular flexibility index (Phi) is 6.09. The second-order valence-corrected chi connectivity index (χ2v) is 4.56. The molecule has 4 nitrogen and oxygen atoms in total. The van der Waals surface area contributed by atoms with Gasteiger partial charge in [-0.2, -0.15) is 15.0 Å². The van der Waals surface area contributed by atoms with Gasteiger partial charge in [-0.25, -0.2) is 0 Å². The first-order valence-corrected chi connectivity index (χ1v) is 6.26. The lowest BCUT2D eigenvalue weighted by atomic mass is 10.2. The van der Waals surface area contributed by atoms with Crippen LogP contribution in [-0.2, 0) is 0 Å². The maximum atomic E-state index is 5.99. The average molecular weight is 284 g/mol. The van der Waals surface area contributed by atoms with Gasteiger partial charge in [0.1, 0.15) is 0 Å². The summed E-state index contributed by atoms with van der Waals surface area (Å²) >= 11 is 17.2. The van der Waals surface area contributed by atoms with Crippen LogP contribution in [-0.4, -0.2) is 26.9 Å². The maximum Gasteiger partial charge on any atom is 0.228 e. The van der Waals surface area contributed by atoms with Gasteiger partial charge in [0.2, 0.25) is 16.5 Å². The summed E-state index contributed by atoms with van der Waals surface area (Å²) in [6, 6.07) is 0. The molecule has 1 N–H and O–H groups in total. The minimum absolute atomic E-state index is 0.0891. The van der Waals surface area contributed by atoms with Gasteiger partial charge in [-0.1, -0.05) is 6.92 Å². The Morgan fingerprint density at radius 2 is 1.81 bits per heavy atom. The molecule has 0 aliphatic heterocycles. The van der Waals surface area contributed by atoms with Crippen LogP contribution in [0.4, 0.5) is 5.95 Å². The van der Waals surface area contributed by atoms with Gasteiger partial charge in [-0.15, -0.1) is 11.6 Å². The average Bonchev–Trinajstić information content (AvgIpc) is 2.22. The lowest BCUT2D eigenvalue weighted by Gasteiger charge is -2.07. The number of hydrogen-bond donors (Lipinski definition) is 1. The molecule has 1 aromatic rings. The zero-order valence-corrected chi connectivity index (χ0v) is 11.1. The van der Waals surface area contributed by atoms with Gasteiger partial charge in [-0.05, 0) is 42.5 Å². The summed E-state index contributed by atoms with van der Waals surface area (Å²) in [5, 5.41) is 3.42. The molecule has 1 aromatic heterocycles. The zero-order chi connectivity index (χ0) is 12.0. The topological polar surface area (TPSA) is 50.7 Å². The fourth-order valence-corrected chi connectivity index (χ4v) is 1.65. The van der Waals surface area contributed by atoms with E-state index in [-0.39, 0.29) is 15.9 Å². The predicted octanol–water partition coefficient (Wildman–Crippen LogP) is 3.39. The number of anilines is 1. The Morgan fingerprint density at radius 1 is 1.19 bits per heavy atom. The molecule has 0 bridgehead atoms. The molecule has 0 aliphatic carbocycles. The Labute approximate surface area is 110 Å². The molecule has 0 amide bonds. The third-order valence-electron chi connectivity index (χ3n) is 2.00. The minimum Gasteiger partial charge on any atom is -0.354 e. The highest BCUT2D eigenvalue weighted by Gasteiger charge is 2.03. The van der Waals surface area contributed by atoms with E-state index in [0.29, 0.717) is 5.95 Å². The Bertz CT molecular complexity index is 314. The van der Waals surface area contributed by atoms with Crippen molar-refractivity contribution in [2.45, 2.75) is 31.6 Å². The van der Waals surface area contributed by atoms with E-state index < -0.39 is 0 Å². The fraction of sp³-hybridized carbons (Fsp3) is 0.667. The van der Waals surface area contributed by atoms with E-state index in [1.165, 1.54) is 0 Å². The summed E-state index contributed by atoms with van der Waals surface area (Å²) < 4.78 is 0. The molecule has 90 valence electrons. The molecule has 0 spiro atoms. The van der Waals surface area contributed by atoms with Crippen LogP contribution >= 0.6 is 34.8 Å². The first-order valence-electron chi connectivity index (χ1n) is 5.06. The SMILES string of the molecule is CCC(Cl)CCCNc1nc(Cl)nc(Cl)n1. The molecule has 0 aliphatic rings. The van der Waals surface area contributed by atoms with Gasteiger partial charge in [0.25, 0.3) is 0 Å². The van der Waals surface area contributed by atoms with Gasteiger partial charge in [-0.3, -0.25) is 0 Å². The van der Waals surface area contributed by atoms with Crippen molar-refractivity contribution < 1.29 is 0 Å². The van der Waals surface area contributed by atoms with Crippen LogP contribution in [0.5, 0.6) is 0 Å². The molecule has 7 heteroatoms. The lowest BCUT2D eigenvalue weighted by molar-refractivity contribution is 0.691. The highest BCUT2D eigenvalue weighted by Crippen LogP contribution is 2.11. The van der Waals surface area contributed by atoms with E-state index in [1.54, 1.807) is 0 Å². The summed E-state index contributed by atoms with van der Waals surface area (Å²) in [7, 11) is 0. The summed E-state index contributed by atoms with van der Waals surface area (Å²) in [5.74, 6) is 0.396. The third kappa shape index (κ3) is 5.14. The van der Waals surface area contributed by atoms with Gasteiger partial charge in [0.05, 0.1) is 0 Å². The van der Waals surface area contributed by atoms with E-state index in [2.05, 4.69) is 27.2 Å². The predicted molar refractivity (Wildman–Crippen MR) is 67.5 cm³/mol. The number of nitrogens with one attached hydrogen (secondary N) is 1. The van der Waals surface area contributed by atoms with Crippen molar-refractivity contribution in [1.82, 2.24) is 15.0 Å². The summed E-state index contributed by atoms with van der Waals surface area (Å²) in [4.78, 5) is 11.4. The van der Waals surface area contributed by atoms with Crippen LogP contribution < -0.4 is 5.32 Å². The molecule has 16 heavy (non-hydrogen) atoms. The number of rotatable bonds is 6. The monoisotopic (exact) mass is 282 g/mol. The van der Waals surface area contributed by atoms with E-state index in [4.69, 9.17) is 34.8 Å². The molecule has 1 heterocycles. The molecule has 0 saturated carbocycles. The van der Waals surface area contributed by atoms with Crippen molar-refractivity contribution in [3.05, 3.63) is 10.6 Å². The summed E-state index contributed by atoms with van der Waals surface area (Å²) in [6.45, 7) is 2.80. The van der Waals surface area contributed by atoms with Crippen molar-refractivity contribution in [3.8, 4) is 0 Å². The normalized spacial score (nSPS) is 12.5. The first-order chi connectivity index (χ1) is 7.61. The quantitative estimate of drug-likeness (QED) is 0.642. The molecule has 0 aromatic carbocycles. The molecular weight excluding hydrogens is 270 g/mol. The van der Waals surface area contributed by atoms with Crippen LogP contribution in [0.1, 0.15) is 26.2 Å². The van der Waals surface area contributed by atoms with Crippen molar-refractivity contribution >= 4 is 40.8 Å². The summed E-state index contributed by atoms with van der Waals surface area (Å²) in [6.07, 6.45) is 2.88. The molecule has 1 unspecified atom stereocenters. The highest BCUT2D eigenvalue weighted by molar-refractivity contribution is 6.31. The Hall–Kier alpha value is -0.320. The highest BCUT2D eigenvalue weighted by atomic mass is 35.5. The molecule has 0 radical (unpaired) electrons. The Balaban J connectivity index is 2.32. The standard InChI is InChI=1S/C9H13Cl3N4/c1-2-6(10)4-3-5-13-9-15-7(11)14-8(12)16-9/h6H,2-5H2,1H3,(H,13,14,15,16). The zero-order valence-electron chi connectivity index (χ0n) is 8.88. The van der Waals surface area contributed by atoms with Gasteiger partial charge in [0, 0.05) is 11.9 Å². The van der Waals surface area contributed by atoms with Gasteiger partial charge >= 0.3 is 0 Å². The second kappa shape index (κ2) is 7.09. The number of aromatic nitrogens is 3. The van der Waals surface area contributed by atoms with E-state index >= 15 is 0 Å². The molecule has 1 atom stereocenters. The lowest BCUT2D eigenvalue weighted by Crippen LogP contribution is -2.08. The first kappa shape index (κ1) is 13.7. The molecule has 0 fully saturated rings. The van der Waals surface area contributed by atoms with Crippen LogP contribution in [0.15, 0.2) is 0 Å². The van der Waals surface area contributed by atoms with E-state index in [1.807, 2.05) is 0 Å². The minimum atomic E-state index is 0.0891. The maximum absolute atomic E-state index is 5.99. The second-order valence-electron chi connectivity index (χ2n) is 3.27. The smallest absolute Gasteiger partial charge is 0.228 e. The molecular formula is C9H13Cl3N4. The summed E-state index contributed by atoms with van der Waals surface area (Å²) in [5.41, 5.74) is 0. The molecule has 1 rings (SSSR count). The van der Waals surface area contributed by atoms with Crippen molar-refractivity contribution in [2.75, 3.05) is 11.9 Å².